The van der Waals surface area contributed by atoms with Gasteiger partial charge in [-0.2, -0.15) is 0 Å². The zero-order valence-electron chi connectivity index (χ0n) is 17.4. The lowest BCUT2D eigenvalue weighted by atomic mass is 9.80. The van der Waals surface area contributed by atoms with Gasteiger partial charge in [0, 0.05) is 23.6 Å². The van der Waals surface area contributed by atoms with Gasteiger partial charge in [0.1, 0.15) is 5.54 Å². The lowest BCUT2D eigenvalue weighted by Crippen LogP contribution is -2.53. The van der Waals surface area contributed by atoms with Gasteiger partial charge in [-0.3, -0.25) is 4.98 Å². The summed E-state index contributed by atoms with van der Waals surface area (Å²) in [5.41, 5.74) is 1.92. The number of halogens is 1. The lowest BCUT2D eigenvalue weighted by Gasteiger charge is -2.36. The Labute approximate surface area is 187 Å². The Bertz CT molecular complexity index is 979. The summed E-state index contributed by atoms with van der Waals surface area (Å²) < 4.78 is 0. The quantitative estimate of drug-likeness (QED) is 0.467. The van der Waals surface area contributed by atoms with Gasteiger partial charge in [-0.15, -0.1) is 11.8 Å². The molecule has 1 unspecified atom stereocenters. The first-order valence-electron chi connectivity index (χ1n) is 9.82. The van der Waals surface area contributed by atoms with E-state index in [0.717, 1.165) is 21.7 Å². The van der Waals surface area contributed by atoms with E-state index in [4.69, 9.17) is 11.6 Å². The van der Waals surface area contributed by atoms with E-state index in [2.05, 4.69) is 39.9 Å². The second-order valence-corrected chi connectivity index (χ2v) is 8.73. The normalized spacial score (nSPS) is 13.0. The maximum Gasteiger partial charge on any atom is 0.316 e. The minimum atomic E-state index is -0.864. The minimum absolute atomic E-state index is 0.00938. The van der Waals surface area contributed by atoms with E-state index in [0.29, 0.717) is 11.4 Å². The molecule has 3 aromatic rings. The Balaban J connectivity index is 2.20. The van der Waals surface area contributed by atoms with Gasteiger partial charge in [0.15, 0.2) is 0 Å². The molecule has 3 rings (SSSR count). The molecule has 0 bridgehead atoms. The van der Waals surface area contributed by atoms with E-state index in [1.54, 1.807) is 18.0 Å². The molecule has 156 valence electrons. The molecule has 2 N–H and O–H groups in total. The number of amides is 2. The molecule has 1 aromatic heterocycles. The molecule has 1 heterocycles. The summed E-state index contributed by atoms with van der Waals surface area (Å²) in [6.45, 7) is 3.88. The number of nitrogens with zero attached hydrogens (tertiary/aromatic N) is 1. The van der Waals surface area contributed by atoms with Crippen molar-refractivity contribution in [1.29, 1.82) is 0 Å². The molecule has 0 saturated heterocycles. The fourth-order valence-corrected chi connectivity index (χ4v) is 4.00. The van der Waals surface area contributed by atoms with Crippen molar-refractivity contribution in [3.63, 3.8) is 0 Å². The molecular formula is C24H26ClN3OS. The Morgan fingerprint density at radius 3 is 2.50 bits per heavy atom. The number of hydrogen-bond acceptors (Lipinski definition) is 3. The lowest BCUT2D eigenvalue weighted by molar-refractivity contribution is 0.227. The van der Waals surface area contributed by atoms with Crippen molar-refractivity contribution in [2.75, 3.05) is 6.26 Å². The van der Waals surface area contributed by atoms with Crippen LogP contribution in [0.4, 0.5) is 4.79 Å². The zero-order chi connectivity index (χ0) is 21.6. The average Bonchev–Trinajstić information content (AvgIpc) is 2.74. The number of benzene rings is 2. The minimum Gasteiger partial charge on any atom is -0.336 e. The third-order valence-corrected chi connectivity index (χ3v) is 5.73. The van der Waals surface area contributed by atoms with Crippen LogP contribution < -0.4 is 10.6 Å². The molecule has 0 aliphatic heterocycles. The van der Waals surface area contributed by atoms with E-state index >= 15 is 0 Å². The molecule has 4 nitrogen and oxygen atoms in total. The monoisotopic (exact) mass is 439 g/mol. The number of carbonyl (C=O) groups is 1. The highest BCUT2D eigenvalue weighted by Gasteiger charge is 2.38. The third kappa shape index (κ3) is 5.35. The summed E-state index contributed by atoms with van der Waals surface area (Å²) in [4.78, 5) is 18.7. The number of hydrogen-bond donors (Lipinski definition) is 2. The molecule has 2 amide bonds. The van der Waals surface area contributed by atoms with E-state index in [9.17, 15) is 4.79 Å². The molecular weight excluding hydrogens is 414 g/mol. The predicted molar refractivity (Wildman–Crippen MR) is 125 cm³/mol. The molecule has 1 atom stereocenters. The summed E-state index contributed by atoms with van der Waals surface area (Å²) >= 11 is 7.79. The van der Waals surface area contributed by atoms with Crippen LogP contribution in [0.25, 0.3) is 0 Å². The molecule has 0 aliphatic rings. The standard InChI is InChI=1S/C24H26ClN3OS/c1-17(2)27-23(29)28-24(15-18-8-5-4-6-9-18,22-13-12-20(25)16-26-22)19-10-7-11-21(14-19)30-3/h4-14,16-17H,15H2,1-3H3,(H2,27,28,29). The first-order valence-corrected chi connectivity index (χ1v) is 11.4. The van der Waals surface area contributed by atoms with E-state index in [-0.39, 0.29) is 12.1 Å². The van der Waals surface area contributed by atoms with Gasteiger partial charge in [0.2, 0.25) is 0 Å². The maximum absolute atomic E-state index is 12.9. The SMILES string of the molecule is CSc1cccc(C(Cc2ccccc2)(NC(=O)NC(C)C)c2ccc(Cl)cn2)c1. The summed E-state index contributed by atoms with van der Waals surface area (Å²) in [7, 11) is 0. The van der Waals surface area contributed by atoms with Crippen molar-refractivity contribution in [3.05, 3.63) is 94.8 Å². The molecule has 6 heteroatoms. The van der Waals surface area contributed by atoms with Gasteiger partial charge in [-0.05, 0) is 55.5 Å². The molecule has 30 heavy (non-hydrogen) atoms. The van der Waals surface area contributed by atoms with Gasteiger partial charge in [-0.1, -0.05) is 54.1 Å². The maximum atomic E-state index is 12.9. The first-order chi connectivity index (χ1) is 14.4. The van der Waals surface area contributed by atoms with Gasteiger partial charge in [-0.25, -0.2) is 4.79 Å². The van der Waals surface area contributed by atoms with Crippen LogP contribution in [-0.4, -0.2) is 23.3 Å². The van der Waals surface area contributed by atoms with Crippen molar-refractivity contribution in [3.8, 4) is 0 Å². The van der Waals surface area contributed by atoms with Gasteiger partial charge < -0.3 is 10.6 Å². The Morgan fingerprint density at radius 1 is 1.10 bits per heavy atom. The van der Waals surface area contributed by atoms with Crippen LogP contribution in [0.15, 0.2) is 77.8 Å². The van der Waals surface area contributed by atoms with Gasteiger partial charge >= 0.3 is 6.03 Å². The Kier molecular flexibility index (Phi) is 7.40. The number of pyridine rings is 1. The highest BCUT2D eigenvalue weighted by Crippen LogP contribution is 2.34. The largest absolute Gasteiger partial charge is 0.336 e. The van der Waals surface area contributed by atoms with Gasteiger partial charge in [0.25, 0.3) is 0 Å². The molecule has 0 fully saturated rings. The van der Waals surface area contributed by atoms with Crippen molar-refractivity contribution in [2.45, 2.75) is 36.7 Å². The van der Waals surface area contributed by atoms with Crippen LogP contribution in [-0.2, 0) is 12.0 Å². The van der Waals surface area contributed by atoms with Crippen LogP contribution in [0.1, 0.15) is 30.7 Å². The smallest absolute Gasteiger partial charge is 0.316 e. The summed E-state index contributed by atoms with van der Waals surface area (Å²) in [6.07, 6.45) is 4.21. The molecule has 2 aromatic carbocycles. The van der Waals surface area contributed by atoms with Crippen molar-refractivity contribution in [1.82, 2.24) is 15.6 Å². The summed E-state index contributed by atoms with van der Waals surface area (Å²) in [5, 5.41) is 6.76. The second-order valence-electron chi connectivity index (χ2n) is 7.41. The van der Waals surface area contributed by atoms with Crippen LogP contribution in [0, 0.1) is 0 Å². The predicted octanol–water partition coefficient (Wildman–Crippen LogP) is 5.65. The van der Waals surface area contributed by atoms with Crippen LogP contribution in [0.5, 0.6) is 0 Å². The topological polar surface area (TPSA) is 54.0 Å². The number of urea groups is 1. The third-order valence-electron chi connectivity index (χ3n) is 4.79. The highest BCUT2D eigenvalue weighted by molar-refractivity contribution is 7.98. The van der Waals surface area contributed by atoms with E-state index in [1.165, 1.54) is 0 Å². The van der Waals surface area contributed by atoms with Crippen molar-refractivity contribution in [2.24, 2.45) is 0 Å². The van der Waals surface area contributed by atoms with Crippen LogP contribution >= 0.6 is 23.4 Å². The Hall–Kier alpha value is -2.50. The molecule has 0 radical (unpaired) electrons. The molecule has 0 saturated carbocycles. The van der Waals surface area contributed by atoms with Gasteiger partial charge in [0.05, 0.1) is 10.7 Å². The number of carbonyl (C=O) groups excluding carboxylic acids is 1. The fraction of sp³-hybridized carbons (Fsp3) is 0.250. The highest BCUT2D eigenvalue weighted by atomic mass is 35.5. The fourth-order valence-electron chi connectivity index (χ4n) is 3.43. The second kappa shape index (κ2) is 10.0. The van der Waals surface area contributed by atoms with Crippen molar-refractivity contribution < 1.29 is 4.79 Å². The zero-order valence-corrected chi connectivity index (χ0v) is 18.9. The number of rotatable bonds is 7. The number of nitrogens with one attached hydrogen (secondary N) is 2. The summed E-state index contributed by atoms with van der Waals surface area (Å²) in [6, 6.07) is 21.8. The Morgan fingerprint density at radius 2 is 1.87 bits per heavy atom. The molecule has 0 aliphatic carbocycles. The van der Waals surface area contributed by atoms with E-state index < -0.39 is 5.54 Å². The van der Waals surface area contributed by atoms with Crippen LogP contribution in [0.2, 0.25) is 5.02 Å². The van der Waals surface area contributed by atoms with Crippen LogP contribution in [0.3, 0.4) is 0 Å². The van der Waals surface area contributed by atoms with E-state index in [1.807, 2.05) is 62.6 Å². The van der Waals surface area contributed by atoms with Crippen molar-refractivity contribution >= 4 is 29.4 Å². The number of aromatic nitrogens is 1. The average molecular weight is 440 g/mol. The molecule has 0 spiro atoms. The summed E-state index contributed by atoms with van der Waals surface area (Å²) in [5.74, 6) is 0. The first kappa shape index (κ1) is 22.2. The number of thioether (sulfide) groups is 1.